The average Bonchev–Trinajstić information content (AvgIpc) is 2.29. The van der Waals surface area contributed by atoms with Crippen LogP contribution in [-0.2, 0) is 19.7 Å². The van der Waals surface area contributed by atoms with E-state index in [9.17, 15) is 32.8 Å². The molecule has 0 aliphatic heterocycles. The zero-order chi connectivity index (χ0) is 22.7. The number of carboxylic acids is 2. The molecule has 0 saturated heterocycles. The molecular formula is C20H38O7S. The number of aliphatic carboxylic acids is 2. The van der Waals surface area contributed by atoms with Gasteiger partial charge in [-0.25, -0.2) is 0 Å². The van der Waals surface area contributed by atoms with Gasteiger partial charge in [0, 0.05) is 0 Å². The van der Waals surface area contributed by atoms with E-state index in [1.54, 1.807) is 13.8 Å². The zero-order valence-electron chi connectivity index (χ0n) is 18.4. The van der Waals surface area contributed by atoms with Gasteiger partial charge in [0.1, 0.15) is 0 Å². The van der Waals surface area contributed by atoms with Crippen molar-refractivity contribution in [3.63, 3.8) is 0 Å². The fourth-order valence-corrected chi connectivity index (χ4v) is 5.83. The summed E-state index contributed by atoms with van der Waals surface area (Å²) in [7, 11) is -5.13. The van der Waals surface area contributed by atoms with Crippen LogP contribution < -0.4 is 0 Å². The molecule has 0 fully saturated rings. The summed E-state index contributed by atoms with van der Waals surface area (Å²) in [6.45, 7) is 15.5. The molecule has 7 nitrogen and oxygen atoms in total. The Bertz CT molecular complexity index is 629. The normalized spacial score (nSPS) is 18.8. The average molecular weight is 423 g/mol. The summed E-state index contributed by atoms with van der Waals surface area (Å²) in [5.74, 6) is -3.84. The quantitative estimate of drug-likeness (QED) is 0.447. The van der Waals surface area contributed by atoms with Crippen molar-refractivity contribution in [3.05, 3.63) is 0 Å². The maximum Gasteiger partial charge on any atom is 0.325 e. The number of hydrogen-bond donors (Lipinski definition) is 3. The van der Waals surface area contributed by atoms with Gasteiger partial charge in [-0.05, 0) is 48.3 Å². The molecular weight excluding hydrogens is 384 g/mol. The van der Waals surface area contributed by atoms with Crippen molar-refractivity contribution in [2.75, 3.05) is 0 Å². The van der Waals surface area contributed by atoms with Crippen LogP contribution in [0, 0.1) is 28.1 Å². The monoisotopic (exact) mass is 422 g/mol. The molecule has 0 saturated carbocycles. The summed E-state index contributed by atoms with van der Waals surface area (Å²) in [6, 6.07) is 0. The largest absolute Gasteiger partial charge is 0.481 e. The first kappa shape index (κ1) is 26.9. The van der Waals surface area contributed by atoms with Gasteiger partial charge in [-0.15, -0.1) is 0 Å². The van der Waals surface area contributed by atoms with Gasteiger partial charge in [-0.2, -0.15) is 8.42 Å². The molecule has 0 amide bonds. The first-order valence-corrected chi connectivity index (χ1v) is 11.1. The van der Waals surface area contributed by atoms with Crippen LogP contribution in [0.2, 0.25) is 0 Å². The van der Waals surface area contributed by atoms with Crippen LogP contribution in [0.1, 0.15) is 81.1 Å². The van der Waals surface area contributed by atoms with Gasteiger partial charge in [0.2, 0.25) is 0 Å². The lowest BCUT2D eigenvalue weighted by atomic mass is 9.67. The van der Waals surface area contributed by atoms with E-state index in [0.717, 1.165) is 0 Å². The van der Waals surface area contributed by atoms with Crippen LogP contribution >= 0.6 is 0 Å². The predicted molar refractivity (Wildman–Crippen MR) is 109 cm³/mol. The molecule has 0 rings (SSSR count). The topological polar surface area (TPSA) is 129 Å². The Labute approximate surface area is 169 Å². The lowest BCUT2D eigenvalue weighted by Crippen LogP contribution is -2.53. The van der Waals surface area contributed by atoms with E-state index in [1.807, 2.05) is 41.5 Å². The van der Waals surface area contributed by atoms with Crippen LogP contribution in [0.4, 0.5) is 0 Å². The zero-order valence-corrected chi connectivity index (χ0v) is 19.3. The third kappa shape index (κ3) is 8.47. The summed E-state index contributed by atoms with van der Waals surface area (Å²) >= 11 is 0. The number of carbonyl (C=O) groups is 2. The summed E-state index contributed by atoms with van der Waals surface area (Å²) < 4.78 is 33.6. The van der Waals surface area contributed by atoms with Crippen molar-refractivity contribution in [1.29, 1.82) is 0 Å². The van der Waals surface area contributed by atoms with Gasteiger partial charge in [0.25, 0.3) is 10.1 Å². The molecule has 0 aromatic carbocycles. The SMILES string of the molecule is CC(CC(C)(C)C)CC(CC(C)CC(C)(C)C)(C(=O)O)C(C(=O)O)S(=O)(=O)O. The molecule has 0 aliphatic carbocycles. The van der Waals surface area contributed by atoms with Crippen molar-refractivity contribution in [1.82, 2.24) is 0 Å². The van der Waals surface area contributed by atoms with E-state index in [-0.39, 0.29) is 35.5 Å². The first-order valence-electron chi connectivity index (χ1n) is 9.64. The minimum Gasteiger partial charge on any atom is -0.481 e. The predicted octanol–water partition coefficient (Wildman–Crippen LogP) is 4.32. The summed E-state index contributed by atoms with van der Waals surface area (Å²) in [6.07, 6.45) is 0.886. The molecule has 0 aromatic rings. The molecule has 28 heavy (non-hydrogen) atoms. The molecule has 3 atom stereocenters. The molecule has 0 spiro atoms. The Morgan fingerprint density at radius 3 is 1.29 bits per heavy atom. The van der Waals surface area contributed by atoms with Crippen molar-refractivity contribution < 1.29 is 32.8 Å². The third-order valence-corrected chi connectivity index (χ3v) is 6.05. The highest BCUT2D eigenvalue weighted by atomic mass is 32.2. The van der Waals surface area contributed by atoms with Crippen LogP contribution in [0.15, 0.2) is 0 Å². The molecule has 166 valence electrons. The molecule has 0 bridgehead atoms. The Morgan fingerprint density at radius 2 is 1.11 bits per heavy atom. The lowest BCUT2D eigenvalue weighted by Gasteiger charge is -2.39. The standard InChI is InChI=1S/C20H38O7S/c1-13(9-18(3,4)5)11-20(17(23)24,12-14(2)10-19(6,7)8)15(16(21)22)28(25,26)27/h13-15H,9-12H2,1-8H3,(H,21,22)(H,23,24)(H,25,26,27). The van der Waals surface area contributed by atoms with E-state index in [0.29, 0.717) is 12.8 Å². The minimum atomic E-state index is -5.13. The summed E-state index contributed by atoms with van der Waals surface area (Å²) in [4.78, 5) is 24.2. The van der Waals surface area contributed by atoms with E-state index in [2.05, 4.69) is 0 Å². The molecule has 8 heteroatoms. The Kier molecular flexibility index (Phi) is 8.74. The fraction of sp³-hybridized carbons (Fsp3) is 0.900. The van der Waals surface area contributed by atoms with Gasteiger partial charge < -0.3 is 10.2 Å². The van der Waals surface area contributed by atoms with Crippen molar-refractivity contribution in [3.8, 4) is 0 Å². The molecule has 3 unspecified atom stereocenters. The number of carboxylic acid groups (broad SMARTS) is 2. The number of rotatable bonds is 10. The molecule has 0 aliphatic rings. The Hall–Kier alpha value is -1.15. The Morgan fingerprint density at radius 1 is 0.786 bits per heavy atom. The van der Waals surface area contributed by atoms with Gasteiger partial charge in [-0.3, -0.25) is 14.1 Å². The van der Waals surface area contributed by atoms with Gasteiger partial charge >= 0.3 is 11.9 Å². The number of hydrogen-bond acceptors (Lipinski definition) is 4. The summed E-state index contributed by atoms with van der Waals surface area (Å²) in [5.41, 5.74) is -2.40. The highest BCUT2D eigenvalue weighted by molar-refractivity contribution is 7.87. The summed E-state index contributed by atoms with van der Waals surface area (Å²) in [5, 5.41) is 17.2. The lowest BCUT2D eigenvalue weighted by molar-refractivity contribution is -0.158. The molecule has 0 heterocycles. The van der Waals surface area contributed by atoms with Gasteiger partial charge in [0.15, 0.2) is 5.25 Å². The van der Waals surface area contributed by atoms with E-state index in [1.165, 1.54) is 0 Å². The van der Waals surface area contributed by atoms with Crippen molar-refractivity contribution in [2.45, 2.75) is 86.3 Å². The highest BCUT2D eigenvalue weighted by Crippen LogP contribution is 2.45. The van der Waals surface area contributed by atoms with Crippen LogP contribution in [0.3, 0.4) is 0 Å². The second kappa shape index (κ2) is 9.11. The minimum absolute atomic E-state index is 0.141. The van der Waals surface area contributed by atoms with E-state index >= 15 is 0 Å². The Balaban J connectivity index is 6.34. The van der Waals surface area contributed by atoms with Crippen LogP contribution in [-0.4, -0.2) is 40.4 Å². The van der Waals surface area contributed by atoms with Gasteiger partial charge in [-0.1, -0.05) is 55.4 Å². The van der Waals surface area contributed by atoms with E-state index < -0.39 is 32.7 Å². The van der Waals surface area contributed by atoms with E-state index in [4.69, 9.17) is 0 Å². The van der Waals surface area contributed by atoms with Crippen LogP contribution in [0.25, 0.3) is 0 Å². The molecule has 0 radical (unpaired) electrons. The first-order chi connectivity index (χ1) is 12.2. The van der Waals surface area contributed by atoms with Gasteiger partial charge in [0.05, 0.1) is 5.41 Å². The van der Waals surface area contributed by atoms with Crippen molar-refractivity contribution >= 4 is 22.1 Å². The van der Waals surface area contributed by atoms with Crippen molar-refractivity contribution in [2.24, 2.45) is 28.1 Å². The molecule has 0 aromatic heterocycles. The maximum atomic E-state index is 12.4. The smallest absolute Gasteiger partial charge is 0.325 e. The fourth-order valence-electron chi connectivity index (χ4n) is 4.71. The second-order valence-corrected chi connectivity index (χ2v) is 12.3. The maximum absolute atomic E-state index is 12.4. The molecule has 3 N–H and O–H groups in total. The third-order valence-electron chi connectivity index (χ3n) is 4.80. The van der Waals surface area contributed by atoms with Crippen LogP contribution in [0.5, 0.6) is 0 Å². The second-order valence-electron chi connectivity index (χ2n) is 10.8. The highest BCUT2D eigenvalue weighted by Gasteiger charge is 2.57.